The summed E-state index contributed by atoms with van der Waals surface area (Å²) in [5, 5.41) is 11.2. The standard InChI is InChI=1S/C54H109NO2.Na/c1-4-7-9-11-13-15-17-19-21-23-25-27-29-31-33-35-37-39-41-43-45-47-51-55(53(6-3)49-50-54(56)57)52-48-46-44-42-40-38-36-34-32-30-28-26-24-22-20-18-16-14-12-10-8-5-2;/h53H,4-52H2,1-3H3,(H,56,57);/q;+1/p-1. The van der Waals surface area contributed by atoms with Gasteiger partial charge in [-0.1, -0.05) is 290 Å². The molecule has 58 heavy (non-hydrogen) atoms. The van der Waals surface area contributed by atoms with Gasteiger partial charge in [0.2, 0.25) is 0 Å². The molecule has 0 heterocycles. The molecule has 0 aromatic heterocycles. The molecule has 0 aromatic carbocycles. The van der Waals surface area contributed by atoms with Crippen LogP contribution in [-0.4, -0.2) is 30.0 Å². The van der Waals surface area contributed by atoms with Gasteiger partial charge >= 0.3 is 29.6 Å². The van der Waals surface area contributed by atoms with Gasteiger partial charge in [0.05, 0.1) is 0 Å². The van der Waals surface area contributed by atoms with E-state index in [9.17, 15) is 9.90 Å². The van der Waals surface area contributed by atoms with Crippen molar-refractivity contribution < 1.29 is 39.5 Å². The Labute approximate surface area is 389 Å². The van der Waals surface area contributed by atoms with Crippen molar-refractivity contribution in [1.82, 2.24) is 4.90 Å². The summed E-state index contributed by atoms with van der Waals surface area (Å²) < 4.78 is 0. The number of carbonyl (C=O) groups excluding carboxylic acids is 1. The molecule has 1 unspecified atom stereocenters. The molecule has 0 aliphatic heterocycles. The molecular formula is C54H108NNaO2. The first kappa shape index (κ1) is 60.5. The smallest absolute Gasteiger partial charge is 0.550 e. The predicted octanol–water partition coefficient (Wildman–Crippen LogP) is 14.8. The molecule has 0 radical (unpaired) electrons. The number of hydrogen-bond acceptors (Lipinski definition) is 3. The normalized spacial score (nSPS) is 12.1. The van der Waals surface area contributed by atoms with Crippen LogP contribution in [0.25, 0.3) is 0 Å². The van der Waals surface area contributed by atoms with Gasteiger partial charge in [0, 0.05) is 12.0 Å². The first-order valence-corrected chi connectivity index (χ1v) is 27.1. The SMILES string of the molecule is CCCCCCCCCCCCCCCCCCCCCCCCN(CCCCCCCCCCCCCCCCCCCCCCCC)C(CC)CCC(=O)[O-].[Na+]. The molecule has 0 aliphatic carbocycles. The van der Waals surface area contributed by atoms with Crippen molar-refractivity contribution in [3.05, 3.63) is 0 Å². The number of nitrogens with zero attached hydrogens (tertiary/aromatic N) is 1. The monoisotopic (exact) mass is 826 g/mol. The molecule has 3 nitrogen and oxygen atoms in total. The van der Waals surface area contributed by atoms with Gasteiger partial charge in [0.25, 0.3) is 0 Å². The fraction of sp³-hybridized carbons (Fsp3) is 0.981. The minimum Gasteiger partial charge on any atom is -0.550 e. The summed E-state index contributed by atoms with van der Waals surface area (Å²) in [6.07, 6.45) is 64.7. The molecule has 1 atom stereocenters. The summed E-state index contributed by atoms with van der Waals surface area (Å²) in [6.45, 7) is 9.13. The Morgan fingerprint density at radius 1 is 0.345 bits per heavy atom. The Bertz CT molecular complexity index is 699. The van der Waals surface area contributed by atoms with Gasteiger partial charge in [-0.05, 0) is 45.2 Å². The van der Waals surface area contributed by atoms with E-state index in [1.807, 2.05) is 0 Å². The van der Waals surface area contributed by atoms with Crippen molar-refractivity contribution in [3.63, 3.8) is 0 Å². The zero-order valence-electron chi connectivity index (χ0n) is 41.0. The van der Waals surface area contributed by atoms with Crippen molar-refractivity contribution in [2.45, 2.75) is 329 Å². The van der Waals surface area contributed by atoms with Crippen molar-refractivity contribution in [2.75, 3.05) is 13.1 Å². The van der Waals surface area contributed by atoms with Crippen LogP contribution < -0.4 is 34.7 Å². The third-order valence-corrected chi connectivity index (χ3v) is 13.3. The van der Waals surface area contributed by atoms with Gasteiger partial charge in [-0.25, -0.2) is 0 Å². The zero-order chi connectivity index (χ0) is 41.4. The summed E-state index contributed by atoms with van der Waals surface area (Å²) in [5.74, 6) is -0.887. The largest absolute Gasteiger partial charge is 1.00 e. The number of carboxylic acid groups (broad SMARTS) is 1. The van der Waals surface area contributed by atoms with E-state index in [1.54, 1.807) is 0 Å². The molecule has 0 aromatic rings. The van der Waals surface area contributed by atoms with Gasteiger partial charge in [-0.3, -0.25) is 0 Å². The maximum Gasteiger partial charge on any atom is 1.00 e. The third kappa shape index (κ3) is 49.1. The molecule has 0 aliphatic rings. The fourth-order valence-corrected chi connectivity index (χ4v) is 9.25. The van der Waals surface area contributed by atoms with Gasteiger partial charge in [0.15, 0.2) is 0 Å². The summed E-state index contributed by atoms with van der Waals surface area (Å²) >= 11 is 0. The van der Waals surface area contributed by atoms with E-state index in [1.165, 1.54) is 283 Å². The van der Waals surface area contributed by atoms with Crippen molar-refractivity contribution in [3.8, 4) is 0 Å². The molecule has 0 amide bonds. The Balaban J connectivity index is 0. The summed E-state index contributed by atoms with van der Waals surface area (Å²) in [6, 6.07) is 0.396. The quantitative estimate of drug-likeness (QED) is 0.0453. The molecule has 342 valence electrons. The number of carboxylic acids is 1. The average Bonchev–Trinajstić information content (AvgIpc) is 3.21. The second-order valence-corrected chi connectivity index (χ2v) is 18.9. The first-order valence-electron chi connectivity index (χ1n) is 27.1. The Kier molecular flexibility index (Phi) is 55.9. The fourth-order valence-electron chi connectivity index (χ4n) is 9.25. The van der Waals surface area contributed by atoms with Crippen LogP contribution in [-0.2, 0) is 4.79 Å². The molecule has 0 rings (SSSR count). The number of rotatable bonds is 51. The molecule has 0 N–H and O–H groups in total. The van der Waals surface area contributed by atoms with Crippen LogP contribution in [0.4, 0.5) is 0 Å². The first-order chi connectivity index (χ1) is 28.2. The molecular weight excluding hydrogens is 718 g/mol. The topological polar surface area (TPSA) is 43.4 Å². The zero-order valence-corrected chi connectivity index (χ0v) is 43.0. The Morgan fingerprint density at radius 3 is 0.707 bits per heavy atom. The van der Waals surface area contributed by atoms with E-state index >= 15 is 0 Å². The molecule has 0 spiro atoms. The van der Waals surface area contributed by atoms with Crippen LogP contribution in [0.15, 0.2) is 0 Å². The van der Waals surface area contributed by atoms with E-state index in [4.69, 9.17) is 0 Å². The average molecular weight is 826 g/mol. The van der Waals surface area contributed by atoms with Gasteiger partial charge in [0.1, 0.15) is 0 Å². The molecule has 0 saturated carbocycles. The van der Waals surface area contributed by atoms with Crippen LogP contribution in [0.5, 0.6) is 0 Å². The van der Waals surface area contributed by atoms with E-state index in [0.29, 0.717) is 6.04 Å². The Morgan fingerprint density at radius 2 is 0.534 bits per heavy atom. The molecule has 4 heteroatoms. The molecule has 0 saturated heterocycles. The van der Waals surface area contributed by atoms with E-state index in [2.05, 4.69) is 25.7 Å². The van der Waals surface area contributed by atoms with E-state index < -0.39 is 5.97 Å². The van der Waals surface area contributed by atoms with Gasteiger partial charge < -0.3 is 14.8 Å². The third-order valence-electron chi connectivity index (χ3n) is 13.3. The maximum atomic E-state index is 11.2. The van der Waals surface area contributed by atoms with Crippen molar-refractivity contribution in [2.24, 2.45) is 0 Å². The van der Waals surface area contributed by atoms with Crippen molar-refractivity contribution >= 4 is 5.97 Å². The van der Waals surface area contributed by atoms with Gasteiger partial charge in [-0.2, -0.15) is 0 Å². The summed E-state index contributed by atoms with van der Waals surface area (Å²) in [4.78, 5) is 13.9. The van der Waals surface area contributed by atoms with Gasteiger partial charge in [-0.15, -0.1) is 0 Å². The minimum atomic E-state index is -0.887. The van der Waals surface area contributed by atoms with Crippen LogP contribution in [0, 0.1) is 0 Å². The number of hydrogen-bond donors (Lipinski definition) is 0. The predicted molar refractivity (Wildman–Crippen MR) is 254 cm³/mol. The number of carbonyl (C=O) groups is 1. The molecule has 0 fully saturated rings. The Hall–Kier alpha value is 0.430. The molecule has 0 bridgehead atoms. The number of aliphatic carboxylic acids is 1. The van der Waals surface area contributed by atoms with Crippen LogP contribution in [0.3, 0.4) is 0 Å². The van der Waals surface area contributed by atoms with Crippen LogP contribution in [0.2, 0.25) is 0 Å². The minimum absolute atomic E-state index is 0. The summed E-state index contributed by atoms with van der Waals surface area (Å²) in [5.41, 5.74) is 0. The van der Waals surface area contributed by atoms with Crippen molar-refractivity contribution in [1.29, 1.82) is 0 Å². The van der Waals surface area contributed by atoms with E-state index in [-0.39, 0.29) is 36.0 Å². The maximum absolute atomic E-state index is 11.2. The van der Waals surface area contributed by atoms with Crippen LogP contribution in [0.1, 0.15) is 323 Å². The number of unbranched alkanes of at least 4 members (excludes halogenated alkanes) is 42. The summed E-state index contributed by atoms with van der Waals surface area (Å²) in [7, 11) is 0. The second kappa shape index (κ2) is 53.6. The van der Waals surface area contributed by atoms with E-state index in [0.717, 1.165) is 25.9 Å². The van der Waals surface area contributed by atoms with Crippen LogP contribution >= 0.6 is 0 Å². The second-order valence-electron chi connectivity index (χ2n) is 18.9.